The second kappa shape index (κ2) is 5.32. The molecule has 1 atom stereocenters. The van der Waals surface area contributed by atoms with Gasteiger partial charge in [0.05, 0.1) is 11.6 Å². The molecular weight excluding hydrogens is 220 g/mol. The number of hydrogen-bond acceptors (Lipinski definition) is 4. The standard InChI is InChI=1S/C12H14N2O3/c1-7-3-9(5-13)4-8(2)11(7)17-6-10(14)12(15)16/h3-4,10H,6,14H2,1-2H3,(H,15,16). The van der Waals surface area contributed by atoms with Gasteiger partial charge in [-0.1, -0.05) is 0 Å². The molecule has 0 aromatic heterocycles. The molecule has 1 unspecified atom stereocenters. The Hall–Kier alpha value is -2.06. The van der Waals surface area contributed by atoms with Crippen LogP contribution in [0.3, 0.4) is 0 Å². The van der Waals surface area contributed by atoms with E-state index in [-0.39, 0.29) is 6.61 Å². The van der Waals surface area contributed by atoms with E-state index in [1.165, 1.54) is 0 Å². The van der Waals surface area contributed by atoms with E-state index in [9.17, 15) is 4.79 Å². The summed E-state index contributed by atoms with van der Waals surface area (Å²) in [7, 11) is 0. The molecule has 0 radical (unpaired) electrons. The Morgan fingerprint density at radius 3 is 2.47 bits per heavy atom. The van der Waals surface area contributed by atoms with Crippen molar-refractivity contribution >= 4 is 5.97 Å². The fourth-order valence-electron chi connectivity index (χ4n) is 1.49. The van der Waals surface area contributed by atoms with Gasteiger partial charge in [-0.05, 0) is 37.1 Å². The first-order chi connectivity index (χ1) is 7.95. The smallest absolute Gasteiger partial charge is 0.324 e. The molecular formula is C12H14N2O3. The summed E-state index contributed by atoms with van der Waals surface area (Å²) in [6.07, 6.45) is 0. The number of ether oxygens (including phenoxy) is 1. The molecule has 0 aliphatic rings. The lowest BCUT2D eigenvalue weighted by Gasteiger charge is -2.14. The first-order valence-corrected chi connectivity index (χ1v) is 5.08. The van der Waals surface area contributed by atoms with Crippen molar-refractivity contribution in [3.63, 3.8) is 0 Å². The second-order valence-corrected chi connectivity index (χ2v) is 3.81. The van der Waals surface area contributed by atoms with Crippen molar-refractivity contribution in [2.45, 2.75) is 19.9 Å². The number of carbonyl (C=O) groups is 1. The highest BCUT2D eigenvalue weighted by molar-refractivity contribution is 5.73. The maximum absolute atomic E-state index is 10.5. The quantitative estimate of drug-likeness (QED) is 0.809. The summed E-state index contributed by atoms with van der Waals surface area (Å²) in [5.74, 6) is -0.519. The van der Waals surface area contributed by atoms with E-state index >= 15 is 0 Å². The van der Waals surface area contributed by atoms with Crippen LogP contribution < -0.4 is 10.5 Å². The number of rotatable bonds is 4. The molecule has 0 spiro atoms. The monoisotopic (exact) mass is 234 g/mol. The first-order valence-electron chi connectivity index (χ1n) is 5.08. The minimum Gasteiger partial charge on any atom is -0.491 e. The van der Waals surface area contributed by atoms with E-state index < -0.39 is 12.0 Å². The minimum atomic E-state index is -1.10. The molecule has 3 N–H and O–H groups in total. The zero-order valence-electron chi connectivity index (χ0n) is 9.73. The van der Waals surface area contributed by atoms with Crippen LogP contribution >= 0.6 is 0 Å². The van der Waals surface area contributed by atoms with Crippen LogP contribution in [0.5, 0.6) is 5.75 Å². The number of aliphatic carboxylic acids is 1. The summed E-state index contributed by atoms with van der Waals surface area (Å²) in [6.45, 7) is 3.51. The number of carboxylic acids is 1. The van der Waals surface area contributed by atoms with Gasteiger partial charge >= 0.3 is 5.97 Å². The average molecular weight is 234 g/mol. The van der Waals surface area contributed by atoms with Crippen molar-refractivity contribution in [1.82, 2.24) is 0 Å². The topological polar surface area (TPSA) is 96.3 Å². The zero-order chi connectivity index (χ0) is 13.0. The highest BCUT2D eigenvalue weighted by atomic mass is 16.5. The summed E-state index contributed by atoms with van der Waals surface area (Å²) >= 11 is 0. The average Bonchev–Trinajstić information content (AvgIpc) is 2.27. The lowest BCUT2D eigenvalue weighted by atomic mass is 10.1. The Bertz CT molecular complexity index is 454. The number of nitriles is 1. The van der Waals surface area contributed by atoms with Gasteiger partial charge in [0.25, 0.3) is 0 Å². The van der Waals surface area contributed by atoms with E-state index in [2.05, 4.69) is 0 Å². The molecule has 17 heavy (non-hydrogen) atoms. The molecule has 0 amide bonds. The van der Waals surface area contributed by atoms with Gasteiger partial charge in [0.1, 0.15) is 18.4 Å². The zero-order valence-corrected chi connectivity index (χ0v) is 9.73. The van der Waals surface area contributed by atoms with Crippen LogP contribution in [0.1, 0.15) is 16.7 Å². The van der Waals surface area contributed by atoms with Crippen LogP contribution in [0.2, 0.25) is 0 Å². The number of nitrogens with zero attached hydrogens (tertiary/aromatic N) is 1. The van der Waals surface area contributed by atoms with Gasteiger partial charge in [0, 0.05) is 0 Å². The molecule has 1 rings (SSSR count). The Morgan fingerprint density at radius 1 is 1.53 bits per heavy atom. The molecule has 1 aromatic carbocycles. The summed E-state index contributed by atoms with van der Waals surface area (Å²) < 4.78 is 5.37. The number of nitrogens with two attached hydrogens (primary N) is 1. The fraction of sp³-hybridized carbons (Fsp3) is 0.333. The molecule has 0 aliphatic carbocycles. The third-order valence-corrected chi connectivity index (χ3v) is 2.31. The van der Waals surface area contributed by atoms with E-state index in [1.807, 2.05) is 6.07 Å². The van der Waals surface area contributed by atoms with Gasteiger partial charge in [0.15, 0.2) is 0 Å². The summed E-state index contributed by atoms with van der Waals surface area (Å²) in [4.78, 5) is 10.5. The normalized spacial score (nSPS) is 11.6. The third-order valence-electron chi connectivity index (χ3n) is 2.31. The van der Waals surface area contributed by atoms with Gasteiger partial charge < -0.3 is 15.6 Å². The van der Waals surface area contributed by atoms with Crippen molar-refractivity contribution < 1.29 is 14.6 Å². The molecule has 5 nitrogen and oxygen atoms in total. The molecule has 90 valence electrons. The minimum absolute atomic E-state index is 0.0943. The molecule has 0 saturated heterocycles. The Balaban J connectivity index is 2.86. The van der Waals surface area contributed by atoms with E-state index in [4.69, 9.17) is 20.8 Å². The molecule has 5 heteroatoms. The Morgan fingerprint density at radius 2 is 2.06 bits per heavy atom. The van der Waals surface area contributed by atoms with E-state index in [0.29, 0.717) is 11.3 Å². The highest BCUT2D eigenvalue weighted by Crippen LogP contribution is 2.24. The maximum atomic E-state index is 10.5. The van der Waals surface area contributed by atoms with Crippen LogP contribution in [0.15, 0.2) is 12.1 Å². The van der Waals surface area contributed by atoms with Gasteiger partial charge in [-0.15, -0.1) is 0 Å². The summed E-state index contributed by atoms with van der Waals surface area (Å²) in [5, 5.41) is 17.4. The molecule has 0 saturated carbocycles. The molecule has 0 aliphatic heterocycles. The lowest BCUT2D eigenvalue weighted by Crippen LogP contribution is -2.36. The third kappa shape index (κ3) is 3.20. The summed E-state index contributed by atoms with van der Waals surface area (Å²) in [5.41, 5.74) is 7.48. The predicted octanol–water partition coefficient (Wildman–Crippen LogP) is 0.966. The van der Waals surface area contributed by atoms with Gasteiger partial charge in [-0.3, -0.25) is 4.79 Å². The predicted molar refractivity (Wildman–Crippen MR) is 61.7 cm³/mol. The van der Waals surface area contributed by atoms with Gasteiger partial charge in [-0.25, -0.2) is 0 Å². The van der Waals surface area contributed by atoms with Crippen molar-refractivity contribution in [2.75, 3.05) is 6.61 Å². The van der Waals surface area contributed by atoms with Crippen LogP contribution in [0, 0.1) is 25.2 Å². The van der Waals surface area contributed by atoms with Crippen LogP contribution in [0.4, 0.5) is 0 Å². The Kier molecular flexibility index (Phi) is 4.07. The molecule has 1 aromatic rings. The van der Waals surface area contributed by atoms with Crippen molar-refractivity contribution in [3.05, 3.63) is 28.8 Å². The Labute approximate surface area is 99.4 Å². The van der Waals surface area contributed by atoms with Gasteiger partial charge in [0.2, 0.25) is 0 Å². The largest absolute Gasteiger partial charge is 0.491 e. The lowest BCUT2D eigenvalue weighted by molar-refractivity contribution is -0.139. The fourth-order valence-corrected chi connectivity index (χ4v) is 1.49. The molecule has 0 bridgehead atoms. The number of carboxylic acid groups (broad SMARTS) is 1. The van der Waals surface area contributed by atoms with Crippen LogP contribution in [0.25, 0.3) is 0 Å². The summed E-state index contributed by atoms with van der Waals surface area (Å²) in [6, 6.07) is 4.37. The number of benzene rings is 1. The highest BCUT2D eigenvalue weighted by Gasteiger charge is 2.14. The number of aryl methyl sites for hydroxylation is 2. The first kappa shape index (κ1) is 13.0. The van der Waals surface area contributed by atoms with Crippen LogP contribution in [-0.2, 0) is 4.79 Å². The van der Waals surface area contributed by atoms with Gasteiger partial charge in [-0.2, -0.15) is 5.26 Å². The maximum Gasteiger partial charge on any atom is 0.324 e. The van der Waals surface area contributed by atoms with Crippen molar-refractivity contribution in [3.8, 4) is 11.8 Å². The molecule has 0 heterocycles. The van der Waals surface area contributed by atoms with Crippen LogP contribution in [-0.4, -0.2) is 23.7 Å². The second-order valence-electron chi connectivity index (χ2n) is 3.81. The molecule has 0 fully saturated rings. The van der Waals surface area contributed by atoms with E-state index in [0.717, 1.165) is 11.1 Å². The van der Waals surface area contributed by atoms with Crippen molar-refractivity contribution in [1.29, 1.82) is 5.26 Å². The van der Waals surface area contributed by atoms with Crippen molar-refractivity contribution in [2.24, 2.45) is 5.73 Å². The SMILES string of the molecule is Cc1cc(C#N)cc(C)c1OCC(N)C(=O)O. The van der Waals surface area contributed by atoms with E-state index in [1.54, 1.807) is 26.0 Å². The number of hydrogen-bond donors (Lipinski definition) is 2.